The Bertz CT molecular complexity index is 605. The molecule has 2 atom stereocenters. The van der Waals surface area contributed by atoms with Gasteiger partial charge in [-0.2, -0.15) is 0 Å². The number of hydrogen-bond acceptors (Lipinski definition) is 3. The summed E-state index contributed by atoms with van der Waals surface area (Å²) in [5, 5.41) is 13.5. The average Bonchev–Trinajstić information content (AvgIpc) is 2.88. The SMILES string of the molecule is O[C@H](CNC1Cc2cc(F)c(Br)cc2C1)c1cccnc1. The molecule has 1 unspecified atom stereocenters. The summed E-state index contributed by atoms with van der Waals surface area (Å²) in [5.74, 6) is -0.218. The van der Waals surface area contributed by atoms with Crippen LogP contribution in [0.15, 0.2) is 41.1 Å². The summed E-state index contributed by atoms with van der Waals surface area (Å²) < 4.78 is 14.0. The largest absolute Gasteiger partial charge is 0.387 e. The number of hydrogen-bond donors (Lipinski definition) is 2. The van der Waals surface area contributed by atoms with E-state index in [1.165, 1.54) is 0 Å². The second-order valence-corrected chi connectivity index (χ2v) is 6.20. The number of nitrogens with zero attached hydrogens (tertiary/aromatic N) is 1. The number of aliphatic hydroxyl groups excluding tert-OH is 1. The molecule has 1 aromatic carbocycles. The zero-order chi connectivity index (χ0) is 14.8. The van der Waals surface area contributed by atoms with Gasteiger partial charge in [-0.1, -0.05) is 6.07 Å². The number of pyridine rings is 1. The second-order valence-electron chi connectivity index (χ2n) is 5.35. The van der Waals surface area contributed by atoms with Gasteiger partial charge in [0.15, 0.2) is 0 Å². The monoisotopic (exact) mass is 350 g/mol. The van der Waals surface area contributed by atoms with Crippen LogP contribution in [0.1, 0.15) is 22.8 Å². The second kappa shape index (κ2) is 6.22. The minimum absolute atomic E-state index is 0.218. The fourth-order valence-corrected chi connectivity index (χ4v) is 3.12. The number of fused-ring (bicyclic) bond motifs is 1. The molecule has 21 heavy (non-hydrogen) atoms. The van der Waals surface area contributed by atoms with Crippen molar-refractivity contribution in [1.82, 2.24) is 10.3 Å². The summed E-state index contributed by atoms with van der Waals surface area (Å²) in [6, 6.07) is 7.35. The van der Waals surface area contributed by atoms with E-state index in [0.717, 1.165) is 29.5 Å². The minimum Gasteiger partial charge on any atom is -0.387 e. The Morgan fingerprint density at radius 2 is 2.14 bits per heavy atom. The van der Waals surface area contributed by atoms with Crippen molar-refractivity contribution in [2.24, 2.45) is 0 Å². The van der Waals surface area contributed by atoms with Gasteiger partial charge in [-0.05, 0) is 58.1 Å². The first kappa shape index (κ1) is 14.6. The topological polar surface area (TPSA) is 45.1 Å². The van der Waals surface area contributed by atoms with Crippen molar-refractivity contribution in [3.8, 4) is 0 Å². The van der Waals surface area contributed by atoms with Crippen molar-refractivity contribution in [2.45, 2.75) is 25.0 Å². The quantitative estimate of drug-likeness (QED) is 0.891. The molecule has 1 aliphatic carbocycles. The van der Waals surface area contributed by atoms with Gasteiger partial charge < -0.3 is 10.4 Å². The zero-order valence-electron chi connectivity index (χ0n) is 11.4. The van der Waals surface area contributed by atoms with E-state index in [2.05, 4.69) is 26.2 Å². The fourth-order valence-electron chi connectivity index (χ4n) is 2.73. The molecule has 110 valence electrons. The van der Waals surface area contributed by atoms with Gasteiger partial charge in [0.1, 0.15) is 5.82 Å². The molecule has 0 spiro atoms. The first-order chi connectivity index (χ1) is 10.1. The maximum absolute atomic E-state index is 13.5. The molecular formula is C16H16BrFN2O. The Morgan fingerprint density at radius 1 is 1.38 bits per heavy atom. The lowest BCUT2D eigenvalue weighted by molar-refractivity contribution is 0.169. The number of aromatic nitrogens is 1. The molecule has 1 aliphatic rings. The third-order valence-corrected chi connectivity index (χ3v) is 4.45. The van der Waals surface area contributed by atoms with Gasteiger partial charge in [-0.15, -0.1) is 0 Å². The normalized spacial score (nSPS) is 18.5. The Morgan fingerprint density at radius 3 is 2.86 bits per heavy atom. The summed E-state index contributed by atoms with van der Waals surface area (Å²) in [7, 11) is 0. The molecule has 0 amide bonds. The van der Waals surface area contributed by atoms with Crippen LogP contribution < -0.4 is 5.32 Å². The molecule has 5 heteroatoms. The number of halogens is 2. The summed E-state index contributed by atoms with van der Waals surface area (Å²) in [5.41, 5.74) is 3.01. The summed E-state index contributed by atoms with van der Waals surface area (Å²) in [4.78, 5) is 4.00. The van der Waals surface area contributed by atoms with E-state index in [1.807, 2.05) is 18.2 Å². The van der Waals surface area contributed by atoms with Crippen LogP contribution in [0.5, 0.6) is 0 Å². The molecule has 1 heterocycles. The summed E-state index contributed by atoms with van der Waals surface area (Å²) in [6.45, 7) is 0.466. The van der Waals surface area contributed by atoms with E-state index in [4.69, 9.17) is 0 Å². The molecule has 3 nitrogen and oxygen atoms in total. The van der Waals surface area contributed by atoms with E-state index < -0.39 is 6.10 Å². The Balaban J connectivity index is 1.59. The average molecular weight is 351 g/mol. The number of rotatable bonds is 4. The molecule has 0 saturated heterocycles. The van der Waals surface area contributed by atoms with Crippen molar-refractivity contribution in [1.29, 1.82) is 0 Å². The predicted molar refractivity (Wildman–Crippen MR) is 82.5 cm³/mol. The lowest BCUT2D eigenvalue weighted by Crippen LogP contribution is -2.33. The highest BCUT2D eigenvalue weighted by molar-refractivity contribution is 9.10. The Hall–Kier alpha value is -1.30. The third-order valence-electron chi connectivity index (χ3n) is 3.84. The van der Waals surface area contributed by atoms with Crippen molar-refractivity contribution >= 4 is 15.9 Å². The standard InChI is InChI=1S/C16H16BrFN2O/c17-14-6-11-4-13(5-12(11)7-15(14)18)20-9-16(21)10-2-1-3-19-8-10/h1-3,6-8,13,16,20-21H,4-5,9H2/t13?,16-/m1/s1. The van der Waals surface area contributed by atoms with Crippen molar-refractivity contribution < 1.29 is 9.50 Å². The first-order valence-electron chi connectivity index (χ1n) is 6.91. The number of nitrogens with one attached hydrogen (secondary N) is 1. The highest BCUT2D eigenvalue weighted by atomic mass is 79.9. The lowest BCUT2D eigenvalue weighted by Gasteiger charge is -2.16. The molecule has 0 radical (unpaired) electrons. The molecule has 2 N–H and O–H groups in total. The van der Waals surface area contributed by atoms with Crippen molar-refractivity contribution in [3.63, 3.8) is 0 Å². The summed E-state index contributed by atoms with van der Waals surface area (Å²) >= 11 is 3.22. The molecular weight excluding hydrogens is 335 g/mol. The van der Waals surface area contributed by atoms with E-state index in [0.29, 0.717) is 11.0 Å². The maximum atomic E-state index is 13.5. The van der Waals surface area contributed by atoms with E-state index in [-0.39, 0.29) is 11.9 Å². The maximum Gasteiger partial charge on any atom is 0.137 e. The fraction of sp³-hybridized carbons (Fsp3) is 0.312. The highest BCUT2D eigenvalue weighted by Gasteiger charge is 2.23. The minimum atomic E-state index is -0.578. The third kappa shape index (κ3) is 3.31. The van der Waals surface area contributed by atoms with Gasteiger partial charge in [0, 0.05) is 30.5 Å². The Labute approximate surface area is 131 Å². The van der Waals surface area contributed by atoms with E-state index in [9.17, 15) is 9.50 Å². The van der Waals surface area contributed by atoms with Crippen LogP contribution in [0.25, 0.3) is 0 Å². The van der Waals surface area contributed by atoms with Crippen LogP contribution in [0.2, 0.25) is 0 Å². The number of benzene rings is 1. The van der Waals surface area contributed by atoms with Crippen LogP contribution in [0.4, 0.5) is 4.39 Å². The van der Waals surface area contributed by atoms with Gasteiger partial charge >= 0.3 is 0 Å². The van der Waals surface area contributed by atoms with Gasteiger partial charge in [0.25, 0.3) is 0 Å². The van der Waals surface area contributed by atoms with Crippen molar-refractivity contribution in [3.05, 3.63) is 63.6 Å². The molecule has 1 aromatic heterocycles. The van der Waals surface area contributed by atoms with Crippen LogP contribution >= 0.6 is 15.9 Å². The molecule has 0 aliphatic heterocycles. The van der Waals surface area contributed by atoms with Crippen molar-refractivity contribution in [2.75, 3.05) is 6.54 Å². The van der Waals surface area contributed by atoms with E-state index >= 15 is 0 Å². The van der Waals surface area contributed by atoms with Gasteiger partial charge in [0.2, 0.25) is 0 Å². The molecule has 3 rings (SSSR count). The number of aliphatic hydroxyl groups is 1. The van der Waals surface area contributed by atoms with Crippen LogP contribution in [0.3, 0.4) is 0 Å². The lowest BCUT2D eigenvalue weighted by atomic mass is 10.1. The zero-order valence-corrected chi connectivity index (χ0v) is 13.0. The van der Waals surface area contributed by atoms with Crippen LogP contribution in [-0.2, 0) is 12.8 Å². The van der Waals surface area contributed by atoms with Gasteiger partial charge in [-0.25, -0.2) is 4.39 Å². The molecule has 2 aromatic rings. The highest BCUT2D eigenvalue weighted by Crippen LogP contribution is 2.28. The first-order valence-corrected chi connectivity index (χ1v) is 7.71. The van der Waals surface area contributed by atoms with E-state index in [1.54, 1.807) is 18.5 Å². The predicted octanol–water partition coefficient (Wildman–Crippen LogP) is 2.77. The van der Waals surface area contributed by atoms with Crippen LogP contribution in [-0.4, -0.2) is 22.7 Å². The molecule has 0 fully saturated rings. The summed E-state index contributed by atoms with van der Waals surface area (Å²) in [6.07, 6.45) is 4.42. The van der Waals surface area contributed by atoms with Crippen LogP contribution in [0, 0.1) is 5.82 Å². The molecule has 0 saturated carbocycles. The smallest absolute Gasteiger partial charge is 0.137 e. The molecule has 0 bridgehead atoms. The van der Waals surface area contributed by atoms with Gasteiger partial charge in [0.05, 0.1) is 10.6 Å². The van der Waals surface area contributed by atoms with Gasteiger partial charge in [-0.3, -0.25) is 4.98 Å². The Kier molecular flexibility index (Phi) is 4.33.